The summed E-state index contributed by atoms with van der Waals surface area (Å²) in [6, 6.07) is 6.61. The number of carboxylic acid groups (broad SMARTS) is 1. The van der Waals surface area contributed by atoms with Gasteiger partial charge in [0.15, 0.2) is 5.58 Å². The number of aliphatic carboxylic acids is 1. The van der Waals surface area contributed by atoms with Crippen LogP contribution in [0.25, 0.3) is 11.1 Å². The number of fused-ring (bicyclic) bond motifs is 1. The number of aromatic nitrogens is 1. The number of anilines is 1. The third-order valence-corrected chi connectivity index (χ3v) is 2.44. The summed E-state index contributed by atoms with van der Waals surface area (Å²) in [5.41, 5.74) is 1.31. The van der Waals surface area contributed by atoms with Gasteiger partial charge in [0.05, 0.1) is 0 Å². The summed E-state index contributed by atoms with van der Waals surface area (Å²) in [5, 5.41) is 11.5. The van der Waals surface area contributed by atoms with Gasteiger partial charge in [-0.25, -0.2) is 4.79 Å². The molecule has 2 N–H and O–H groups in total. The van der Waals surface area contributed by atoms with E-state index in [0.29, 0.717) is 11.1 Å². The van der Waals surface area contributed by atoms with Crippen LogP contribution in [0, 0.1) is 0 Å². The second-order valence-electron chi connectivity index (χ2n) is 3.20. The molecular formula is C10H10N2O3S. The van der Waals surface area contributed by atoms with E-state index in [0.717, 1.165) is 0 Å². The van der Waals surface area contributed by atoms with Gasteiger partial charge in [-0.2, -0.15) is 17.6 Å². The van der Waals surface area contributed by atoms with Crippen molar-refractivity contribution in [1.29, 1.82) is 0 Å². The molecule has 0 amide bonds. The Balaban J connectivity index is 2.24. The number of carboxylic acids is 1. The van der Waals surface area contributed by atoms with Crippen LogP contribution in [-0.2, 0) is 4.79 Å². The van der Waals surface area contributed by atoms with Gasteiger partial charge in [0, 0.05) is 5.75 Å². The lowest BCUT2D eigenvalue weighted by Gasteiger charge is -2.08. The molecule has 0 spiro atoms. The first-order valence-electron chi connectivity index (χ1n) is 4.66. The van der Waals surface area contributed by atoms with E-state index >= 15 is 0 Å². The average molecular weight is 238 g/mol. The summed E-state index contributed by atoms with van der Waals surface area (Å²) in [4.78, 5) is 14.9. The summed E-state index contributed by atoms with van der Waals surface area (Å²) in [6.07, 6.45) is 0. The molecule has 2 rings (SSSR count). The molecule has 0 saturated heterocycles. The predicted molar refractivity (Wildman–Crippen MR) is 62.9 cm³/mol. The van der Waals surface area contributed by atoms with Crippen LogP contribution < -0.4 is 5.32 Å². The fourth-order valence-electron chi connectivity index (χ4n) is 1.27. The number of hydrogen-bond acceptors (Lipinski definition) is 5. The molecule has 1 aromatic carbocycles. The van der Waals surface area contributed by atoms with E-state index in [4.69, 9.17) is 9.52 Å². The standard InChI is InChI=1S/C10H10N2O3S/c13-9(14)7(5-16)12-10-11-6-3-1-2-4-8(6)15-10/h1-4,7,16H,5H2,(H,11,12)(H,13,14)/t7-/m0/s1. The van der Waals surface area contributed by atoms with Gasteiger partial charge in [0.25, 0.3) is 6.01 Å². The molecule has 0 aliphatic rings. The Morgan fingerprint density at radius 2 is 2.31 bits per heavy atom. The third kappa shape index (κ3) is 2.11. The van der Waals surface area contributed by atoms with Crippen LogP contribution >= 0.6 is 12.6 Å². The van der Waals surface area contributed by atoms with Crippen LogP contribution in [0.1, 0.15) is 0 Å². The Hall–Kier alpha value is -1.69. The minimum atomic E-state index is -0.989. The van der Waals surface area contributed by atoms with E-state index in [1.807, 2.05) is 12.1 Å². The lowest BCUT2D eigenvalue weighted by Crippen LogP contribution is -2.30. The Bertz CT molecular complexity index is 478. The van der Waals surface area contributed by atoms with Crippen LogP contribution in [0.4, 0.5) is 6.01 Å². The van der Waals surface area contributed by atoms with Crippen molar-refractivity contribution in [3.05, 3.63) is 24.3 Å². The van der Waals surface area contributed by atoms with E-state index in [-0.39, 0.29) is 11.8 Å². The second-order valence-corrected chi connectivity index (χ2v) is 3.57. The number of benzene rings is 1. The highest BCUT2D eigenvalue weighted by molar-refractivity contribution is 7.80. The van der Waals surface area contributed by atoms with Gasteiger partial charge < -0.3 is 14.8 Å². The van der Waals surface area contributed by atoms with Crippen LogP contribution in [0.15, 0.2) is 28.7 Å². The fraction of sp³-hybridized carbons (Fsp3) is 0.200. The van der Waals surface area contributed by atoms with Gasteiger partial charge in [0.1, 0.15) is 11.6 Å². The molecule has 0 fully saturated rings. The monoisotopic (exact) mass is 238 g/mol. The number of nitrogens with one attached hydrogen (secondary N) is 1. The number of carbonyl (C=O) groups is 1. The van der Waals surface area contributed by atoms with Crippen LogP contribution in [0.3, 0.4) is 0 Å². The highest BCUT2D eigenvalue weighted by Gasteiger charge is 2.17. The molecule has 6 heteroatoms. The Morgan fingerprint density at radius 1 is 1.56 bits per heavy atom. The van der Waals surface area contributed by atoms with E-state index in [2.05, 4.69) is 22.9 Å². The minimum absolute atomic E-state index is 0.161. The van der Waals surface area contributed by atoms with Crippen LogP contribution in [0.2, 0.25) is 0 Å². The van der Waals surface area contributed by atoms with Gasteiger partial charge in [-0.05, 0) is 12.1 Å². The minimum Gasteiger partial charge on any atom is -0.480 e. The highest BCUT2D eigenvalue weighted by Crippen LogP contribution is 2.18. The van der Waals surface area contributed by atoms with Crippen molar-refractivity contribution in [2.24, 2.45) is 0 Å². The quantitative estimate of drug-likeness (QED) is 0.706. The summed E-state index contributed by atoms with van der Waals surface area (Å²) < 4.78 is 5.33. The topological polar surface area (TPSA) is 75.4 Å². The van der Waals surface area contributed by atoms with E-state index in [1.54, 1.807) is 12.1 Å². The van der Waals surface area contributed by atoms with Gasteiger partial charge in [-0.1, -0.05) is 12.1 Å². The molecule has 0 aliphatic carbocycles. The highest BCUT2D eigenvalue weighted by atomic mass is 32.1. The Kier molecular flexibility index (Phi) is 3.00. The van der Waals surface area contributed by atoms with Crippen molar-refractivity contribution < 1.29 is 14.3 Å². The van der Waals surface area contributed by atoms with Crippen molar-refractivity contribution in [3.8, 4) is 0 Å². The smallest absolute Gasteiger partial charge is 0.327 e. The number of rotatable bonds is 4. The van der Waals surface area contributed by atoms with Crippen LogP contribution in [-0.4, -0.2) is 27.9 Å². The maximum absolute atomic E-state index is 10.8. The van der Waals surface area contributed by atoms with Crippen molar-refractivity contribution in [2.45, 2.75) is 6.04 Å². The molecule has 0 aliphatic heterocycles. The number of para-hydroxylation sites is 2. The zero-order chi connectivity index (χ0) is 11.5. The largest absolute Gasteiger partial charge is 0.480 e. The van der Waals surface area contributed by atoms with E-state index < -0.39 is 12.0 Å². The Labute approximate surface area is 96.9 Å². The van der Waals surface area contributed by atoms with Crippen molar-refractivity contribution >= 4 is 35.7 Å². The first-order chi connectivity index (χ1) is 7.70. The molecule has 0 unspecified atom stereocenters. The Morgan fingerprint density at radius 3 is 2.94 bits per heavy atom. The average Bonchev–Trinajstić information content (AvgIpc) is 2.67. The lowest BCUT2D eigenvalue weighted by atomic mass is 10.3. The van der Waals surface area contributed by atoms with Crippen molar-refractivity contribution in [3.63, 3.8) is 0 Å². The van der Waals surface area contributed by atoms with Crippen molar-refractivity contribution in [1.82, 2.24) is 4.98 Å². The van der Waals surface area contributed by atoms with Gasteiger partial charge in [-0.15, -0.1) is 0 Å². The van der Waals surface area contributed by atoms with E-state index in [1.165, 1.54) is 0 Å². The number of thiol groups is 1. The molecule has 5 nitrogen and oxygen atoms in total. The maximum atomic E-state index is 10.8. The fourth-order valence-corrected chi connectivity index (χ4v) is 1.52. The lowest BCUT2D eigenvalue weighted by molar-refractivity contribution is -0.137. The first-order valence-corrected chi connectivity index (χ1v) is 5.29. The zero-order valence-corrected chi connectivity index (χ0v) is 9.15. The molecule has 16 heavy (non-hydrogen) atoms. The predicted octanol–water partition coefficient (Wildman–Crippen LogP) is 1.62. The second kappa shape index (κ2) is 4.44. The third-order valence-electron chi connectivity index (χ3n) is 2.07. The number of nitrogens with zero attached hydrogens (tertiary/aromatic N) is 1. The summed E-state index contributed by atoms with van der Waals surface area (Å²) in [6.45, 7) is 0. The molecule has 1 aromatic heterocycles. The molecule has 0 radical (unpaired) electrons. The normalized spacial score (nSPS) is 12.6. The maximum Gasteiger partial charge on any atom is 0.327 e. The molecule has 1 atom stereocenters. The van der Waals surface area contributed by atoms with Gasteiger partial charge in [-0.3, -0.25) is 0 Å². The van der Waals surface area contributed by atoms with Gasteiger partial charge >= 0.3 is 5.97 Å². The zero-order valence-electron chi connectivity index (χ0n) is 8.25. The van der Waals surface area contributed by atoms with Gasteiger partial charge in [0.2, 0.25) is 0 Å². The number of hydrogen-bond donors (Lipinski definition) is 3. The molecule has 0 saturated carbocycles. The SMILES string of the molecule is O=C(O)[C@H](CS)Nc1nc2ccccc2o1. The molecule has 2 aromatic rings. The van der Waals surface area contributed by atoms with E-state index in [9.17, 15) is 4.79 Å². The first kappa shape index (κ1) is 10.8. The van der Waals surface area contributed by atoms with Crippen molar-refractivity contribution in [2.75, 3.05) is 11.1 Å². The molecule has 0 bridgehead atoms. The van der Waals surface area contributed by atoms with Crippen LogP contribution in [0.5, 0.6) is 0 Å². The molecular weight excluding hydrogens is 228 g/mol. The molecule has 84 valence electrons. The summed E-state index contributed by atoms with van der Waals surface area (Å²) in [7, 11) is 0. The summed E-state index contributed by atoms with van der Waals surface area (Å²) >= 11 is 3.94. The molecule has 1 heterocycles. The summed E-state index contributed by atoms with van der Waals surface area (Å²) in [5.74, 6) is -0.828. The number of oxazole rings is 1.